The van der Waals surface area contributed by atoms with Gasteiger partial charge < -0.3 is 14.8 Å². The Morgan fingerprint density at radius 2 is 2.08 bits per heavy atom. The molecule has 7 heteroatoms. The lowest BCUT2D eigenvalue weighted by molar-refractivity contribution is 0.146. The number of nitrogens with zero attached hydrogens (tertiary/aromatic N) is 4. The van der Waals surface area contributed by atoms with E-state index in [-0.39, 0.29) is 0 Å². The van der Waals surface area contributed by atoms with Crippen LogP contribution in [0.3, 0.4) is 0 Å². The molecule has 0 amide bonds. The zero-order chi connectivity index (χ0) is 17.3. The molecule has 0 atom stereocenters. The normalized spacial score (nSPS) is 10.8. The number of nitrogens with one attached hydrogen (secondary N) is 1. The fourth-order valence-electron chi connectivity index (χ4n) is 2.42. The summed E-state index contributed by atoms with van der Waals surface area (Å²) in [5.41, 5.74) is 2.21. The quantitative estimate of drug-likeness (QED) is 0.601. The Kier molecular flexibility index (Phi) is 6.08. The van der Waals surface area contributed by atoms with Gasteiger partial charge in [-0.15, -0.1) is 0 Å². The molecule has 0 saturated carbocycles. The van der Waals surface area contributed by atoms with E-state index in [4.69, 9.17) is 9.47 Å². The summed E-state index contributed by atoms with van der Waals surface area (Å²) in [7, 11) is 1.66. The first-order chi connectivity index (χ1) is 12.4. The van der Waals surface area contributed by atoms with Crippen LogP contribution in [0.25, 0.3) is 5.82 Å². The Balaban J connectivity index is 1.58. The van der Waals surface area contributed by atoms with Crippen LogP contribution in [-0.2, 0) is 17.8 Å². The molecule has 3 aromatic rings. The molecule has 2 aromatic heterocycles. The van der Waals surface area contributed by atoms with E-state index in [1.807, 2.05) is 30.3 Å². The molecular formula is C18H21N5O2. The molecule has 2 heterocycles. The number of pyridine rings is 1. The second kappa shape index (κ2) is 8.91. The molecule has 7 nitrogen and oxygen atoms in total. The topological polar surface area (TPSA) is 74.1 Å². The van der Waals surface area contributed by atoms with Gasteiger partial charge in [-0.25, -0.2) is 14.6 Å². The zero-order valence-electron chi connectivity index (χ0n) is 14.1. The van der Waals surface area contributed by atoms with Crippen molar-refractivity contribution < 1.29 is 9.47 Å². The predicted molar refractivity (Wildman–Crippen MR) is 93.5 cm³/mol. The molecule has 0 bridgehead atoms. The maximum atomic E-state index is 5.64. The Bertz CT molecular complexity index is 777. The molecule has 25 heavy (non-hydrogen) atoms. The second-order valence-corrected chi connectivity index (χ2v) is 5.42. The lowest BCUT2D eigenvalue weighted by Gasteiger charge is -2.10. The van der Waals surface area contributed by atoms with E-state index in [1.54, 1.807) is 24.3 Å². The first kappa shape index (κ1) is 17.1. The van der Waals surface area contributed by atoms with E-state index in [2.05, 4.69) is 26.4 Å². The molecule has 1 N–H and O–H groups in total. The van der Waals surface area contributed by atoms with Crippen LogP contribution in [0.15, 0.2) is 55.2 Å². The predicted octanol–water partition coefficient (Wildman–Crippen LogP) is 1.98. The minimum Gasteiger partial charge on any atom is -0.491 e. The van der Waals surface area contributed by atoms with Crippen LogP contribution < -0.4 is 10.1 Å². The molecule has 130 valence electrons. The van der Waals surface area contributed by atoms with Crippen LogP contribution in [-0.4, -0.2) is 40.1 Å². The molecular weight excluding hydrogens is 318 g/mol. The highest BCUT2D eigenvalue weighted by Crippen LogP contribution is 2.14. The highest BCUT2D eigenvalue weighted by atomic mass is 16.5. The van der Waals surface area contributed by atoms with Gasteiger partial charge in [-0.1, -0.05) is 18.2 Å². The summed E-state index contributed by atoms with van der Waals surface area (Å²) in [6.07, 6.45) is 4.90. The van der Waals surface area contributed by atoms with Gasteiger partial charge in [-0.3, -0.25) is 0 Å². The molecule has 0 radical (unpaired) electrons. The van der Waals surface area contributed by atoms with Crippen molar-refractivity contribution in [2.24, 2.45) is 0 Å². The van der Waals surface area contributed by atoms with E-state index >= 15 is 0 Å². The van der Waals surface area contributed by atoms with Crippen LogP contribution in [0.1, 0.15) is 11.1 Å². The summed E-state index contributed by atoms with van der Waals surface area (Å²) in [4.78, 5) is 8.37. The van der Waals surface area contributed by atoms with Gasteiger partial charge in [-0.05, 0) is 23.8 Å². The summed E-state index contributed by atoms with van der Waals surface area (Å²) in [6, 6.07) is 12.0. The summed E-state index contributed by atoms with van der Waals surface area (Å²) < 4.78 is 12.3. The molecule has 0 spiro atoms. The lowest BCUT2D eigenvalue weighted by atomic mass is 10.2. The van der Waals surface area contributed by atoms with Gasteiger partial charge in [0.1, 0.15) is 25.0 Å². The van der Waals surface area contributed by atoms with Crippen LogP contribution in [0.4, 0.5) is 0 Å². The van der Waals surface area contributed by atoms with Crippen LogP contribution in [0, 0.1) is 0 Å². The first-order valence-electron chi connectivity index (χ1n) is 8.07. The maximum Gasteiger partial charge on any atom is 0.159 e. The summed E-state index contributed by atoms with van der Waals surface area (Å²) in [5, 5.41) is 7.58. The van der Waals surface area contributed by atoms with Crippen molar-refractivity contribution in [1.82, 2.24) is 25.1 Å². The van der Waals surface area contributed by atoms with Crippen molar-refractivity contribution in [1.29, 1.82) is 0 Å². The number of methoxy groups -OCH3 is 1. The van der Waals surface area contributed by atoms with Gasteiger partial charge in [-0.2, -0.15) is 5.10 Å². The molecule has 3 rings (SSSR count). The van der Waals surface area contributed by atoms with Crippen molar-refractivity contribution in [2.75, 3.05) is 20.3 Å². The number of rotatable bonds is 9. The third-order valence-corrected chi connectivity index (χ3v) is 3.60. The first-order valence-corrected chi connectivity index (χ1v) is 8.07. The fraction of sp³-hybridized carbons (Fsp3) is 0.278. The Morgan fingerprint density at radius 3 is 2.92 bits per heavy atom. The van der Waals surface area contributed by atoms with Crippen molar-refractivity contribution >= 4 is 0 Å². The van der Waals surface area contributed by atoms with Crippen molar-refractivity contribution in [3.63, 3.8) is 0 Å². The number of ether oxygens (including phenoxy) is 2. The Labute approximate surface area is 146 Å². The van der Waals surface area contributed by atoms with Crippen molar-refractivity contribution in [3.8, 4) is 11.6 Å². The van der Waals surface area contributed by atoms with E-state index in [9.17, 15) is 0 Å². The lowest BCUT2D eigenvalue weighted by Crippen LogP contribution is -2.15. The molecule has 0 aliphatic carbocycles. The number of hydrogen-bond acceptors (Lipinski definition) is 6. The van der Waals surface area contributed by atoms with Gasteiger partial charge in [0.05, 0.1) is 6.61 Å². The Morgan fingerprint density at radius 1 is 1.12 bits per heavy atom. The van der Waals surface area contributed by atoms with E-state index in [0.29, 0.717) is 19.8 Å². The third kappa shape index (κ3) is 4.85. The van der Waals surface area contributed by atoms with Gasteiger partial charge in [0, 0.05) is 32.0 Å². The highest BCUT2D eigenvalue weighted by molar-refractivity contribution is 5.32. The molecule has 0 saturated heterocycles. The van der Waals surface area contributed by atoms with Crippen molar-refractivity contribution in [3.05, 3.63) is 66.4 Å². The monoisotopic (exact) mass is 339 g/mol. The zero-order valence-corrected chi connectivity index (χ0v) is 14.1. The second-order valence-electron chi connectivity index (χ2n) is 5.42. The largest absolute Gasteiger partial charge is 0.491 e. The molecule has 0 aliphatic heterocycles. The minimum atomic E-state index is 0.546. The molecule has 0 unspecified atom stereocenters. The van der Waals surface area contributed by atoms with E-state index in [0.717, 1.165) is 29.2 Å². The minimum absolute atomic E-state index is 0.546. The third-order valence-electron chi connectivity index (χ3n) is 3.60. The maximum absolute atomic E-state index is 5.64. The molecule has 0 fully saturated rings. The number of hydrogen-bond donors (Lipinski definition) is 1. The Hall–Kier alpha value is -2.77. The van der Waals surface area contributed by atoms with Crippen molar-refractivity contribution in [2.45, 2.75) is 13.1 Å². The van der Waals surface area contributed by atoms with Gasteiger partial charge in [0.15, 0.2) is 5.82 Å². The smallest absolute Gasteiger partial charge is 0.159 e. The number of benzene rings is 1. The van der Waals surface area contributed by atoms with E-state index in [1.165, 1.54) is 6.33 Å². The highest BCUT2D eigenvalue weighted by Gasteiger charge is 2.06. The molecule has 1 aromatic carbocycles. The van der Waals surface area contributed by atoms with Gasteiger partial charge in [0.2, 0.25) is 0 Å². The standard InChI is InChI=1S/C18H21N5O2/c1-24-8-9-25-17-6-2-4-15(10-17)11-19-12-16-5-3-7-21-18(16)23-14-20-13-22-23/h2-7,10,13-14,19H,8-9,11-12H2,1H3. The summed E-state index contributed by atoms with van der Waals surface area (Å²) in [5.74, 6) is 1.63. The van der Waals surface area contributed by atoms with Crippen LogP contribution in [0.5, 0.6) is 5.75 Å². The van der Waals surface area contributed by atoms with E-state index < -0.39 is 0 Å². The van der Waals surface area contributed by atoms with Gasteiger partial charge >= 0.3 is 0 Å². The summed E-state index contributed by atoms with van der Waals surface area (Å²) in [6.45, 7) is 2.53. The molecule has 0 aliphatic rings. The number of aromatic nitrogens is 4. The SMILES string of the molecule is COCCOc1cccc(CNCc2cccnc2-n2cncn2)c1. The average Bonchev–Trinajstić information content (AvgIpc) is 3.17. The summed E-state index contributed by atoms with van der Waals surface area (Å²) >= 11 is 0. The van der Waals surface area contributed by atoms with Crippen LogP contribution in [0.2, 0.25) is 0 Å². The van der Waals surface area contributed by atoms with Gasteiger partial charge in [0.25, 0.3) is 0 Å². The average molecular weight is 339 g/mol. The fourth-order valence-corrected chi connectivity index (χ4v) is 2.42. The van der Waals surface area contributed by atoms with Crippen LogP contribution >= 0.6 is 0 Å².